The van der Waals surface area contributed by atoms with E-state index in [2.05, 4.69) is 55.9 Å². The fourth-order valence-electron chi connectivity index (χ4n) is 6.02. The number of morpholine rings is 1. The van der Waals surface area contributed by atoms with Gasteiger partial charge in [-0.05, 0) is 25.7 Å². The minimum Gasteiger partial charge on any atom is -0.382 e. The first-order valence-electron chi connectivity index (χ1n) is 16.9. The molecule has 0 bridgehead atoms. The average molecular weight is 788 g/mol. The van der Waals surface area contributed by atoms with Gasteiger partial charge in [-0.1, -0.05) is 23.2 Å². The van der Waals surface area contributed by atoms with E-state index in [9.17, 15) is 9.59 Å². The maximum absolute atomic E-state index is 12.7. The van der Waals surface area contributed by atoms with Crippen LogP contribution in [0.1, 0.15) is 46.7 Å². The number of ether oxygens (including phenoxy) is 1. The molecular weight excluding hydrogens is 747 g/mol. The molecule has 0 spiro atoms. The van der Waals surface area contributed by atoms with Crippen LogP contribution in [-0.4, -0.2) is 123 Å². The van der Waals surface area contributed by atoms with Crippen molar-refractivity contribution in [1.82, 2.24) is 56.2 Å². The fourth-order valence-corrected chi connectivity index (χ4v) is 6.28. The lowest BCUT2D eigenvalue weighted by Crippen LogP contribution is -2.50. The summed E-state index contributed by atoms with van der Waals surface area (Å²) in [4.78, 5) is 61.5. The maximum Gasteiger partial charge on any atom is 0.280 e. The van der Waals surface area contributed by atoms with E-state index in [0.717, 1.165) is 0 Å². The lowest BCUT2D eigenvalue weighted by molar-refractivity contribution is 0.0962. The molecule has 3 saturated heterocycles. The molecule has 3 aromatic heterocycles. The molecule has 0 atom stereocenters. The second-order valence-corrected chi connectivity index (χ2v) is 13.3. The summed E-state index contributed by atoms with van der Waals surface area (Å²) in [6.07, 6.45) is 2.52. The topological polar surface area (TPSA) is 343 Å². The van der Waals surface area contributed by atoms with E-state index >= 15 is 0 Å². The van der Waals surface area contributed by atoms with E-state index in [4.69, 9.17) is 76.6 Å². The van der Waals surface area contributed by atoms with E-state index in [-0.39, 0.29) is 69.0 Å². The van der Waals surface area contributed by atoms with Crippen LogP contribution < -0.4 is 58.9 Å². The van der Waals surface area contributed by atoms with Gasteiger partial charge in [0.15, 0.2) is 56.9 Å². The molecule has 3 aliphatic heterocycles. The van der Waals surface area contributed by atoms with Crippen molar-refractivity contribution in [3.05, 3.63) is 21.7 Å². The molecule has 3 fully saturated rings. The third-order valence-corrected chi connectivity index (χ3v) is 9.42. The summed E-state index contributed by atoms with van der Waals surface area (Å²) >= 11 is 11.8. The van der Waals surface area contributed by atoms with Crippen molar-refractivity contribution in [2.75, 3.05) is 90.1 Å². The van der Waals surface area contributed by atoms with Crippen molar-refractivity contribution in [3.63, 3.8) is 0 Å². The van der Waals surface area contributed by atoms with Crippen LogP contribution in [0.3, 0.4) is 0 Å². The minimum atomic E-state index is -0.740. The molecule has 0 saturated carbocycles. The van der Waals surface area contributed by atoms with Crippen LogP contribution >= 0.6 is 23.2 Å². The summed E-state index contributed by atoms with van der Waals surface area (Å²) < 4.78 is 5.55. The van der Waals surface area contributed by atoms with E-state index in [0.29, 0.717) is 96.0 Å². The number of piperidine rings is 2. The number of halogens is 2. The monoisotopic (exact) mass is 786 g/mol. The Kier molecular flexibility index (Phi) is 11.6. The molecule has 0 unspecified atom stereocenters. The van der Waals surface area contributed by atoms with Crippen LogP contribution in [0.15, 0.2) is 0 Å². The number of anilines is 7. The Bertz CT molecular complexity index is 1790. The SMILES string of the molecule is N=C(NC(=O)c1nc(Cl)c(N)nc1N)NC1CCN(c2nc(N3CCOCC3)nc(N3CCC(NC(=N)NC(=O)c4nc(Cl)c(N)nc4N)CC3)n2)CC1. The molecule has 3 aliphatic rings. The first-order chi connectivity index (χ1) is 25.8. The van der Waals surface area contributed by atoms with Gasteiger partial charge in [0.25, 0.3) is 11.8 Å². The zero-order chi connectivity index (χ0) is 38.5. The highest BCUT2D eigenvalue weighted by Gasteiger charge is 2.29. The fraction of sp³-hybridized carbons (Fsp3) is 0.483. The molecule has 0 radical (unpaired) electrons. The number of nitrogen functional groups attached to an aromatic ring is 4. The molecule has 0 aliphatic carbocycles. The summed E-state index contributed by atoms with van der Waals surface area (Å²) in [5.41, 5.74) is 22.2. The summed E-state index contributed by atoms with van der Waals surface area (Å²) in [5, 5.41) is 27.2. The Hall–Kier alpha value is -5.81. The van der Waals surface area contributed by atoms with Gasteiger partial charge in [-0.15, -0.1) is 0 Å². The number of carbonyl (C=O) groups is 2. The first-order valence-corrected chi connectivity index (χ1v) is 17.7. The number of nitrogens with two attached hydrogens (primary N) is 4. The van der Waals surface area contributed by atoms with Crippen LogP contribution in [0, 0.1) is 10.8 Å². The smallest absolute Gasteiger partial charge is 0.280 e. The number of carbonyl (C=O) groups excluding carboxylic acids is 2. The zero-order valence-corrected chi connectivity index (χ0v) is 30.4. The zero-order valence-electron chi connectivity index (χ0n) is 28.9. The van der Waals surface area contributed by atoms with Gasteiger partial charge in [-0.2, -0.15) is 15.0 Å². The number of nitrogens with one attached hydrogen (secondary N) is 6. The molecule has 14 N–H and O–H groups in total. The molecule has 23 nitrogen and oxygen atoms in total. The summed E-state index contributed by atoms with van der Waals surface area (Å²) in [6, 6.07) is -0.228. The Morgan fingerprint density at radius 3 is 1.30 bits per heavy atom. The average Bonchev–Trinajstić information content (AvgIpc) is 3.15. The first kappa shape index (κ1) is 37.9. The normalized spacial score (nSPS) is 16.8. The minimum absolute atomic E-state index is 0.0991. The Balaban J connectivity index is 1.04. The summed E-state index contributed by atoms with van der Waals surface area (Å²) in [7, 11) is 0. The lowest BCUT2D eigenvalue weighted by Gasteiger charge is -2.36. The van der Waals surface area contributed by atoms with Crippen LogP contribution in [0.25, 0.3) is 0 Å². The molecule has 288 valence electrons. The Labute approximate surface area is 318 Å². The molecule has 6 rings (SSSR count). The molecule has 2 amide bonds. The van der Waals surface area contributed by atoms with Gasteiger partial charge in [-0.3, -0.25) is 31.0 Å². The molecule has 25 heteroatoms. The van der Waals surface area contributed by atoms with Crippen molar-refractivity contribution < 1.29 is 14.3 Å². The highest BCUT2D eigenvalue weighted by atomic mass is 35.5. The van der Waals surface area contributed by atoms with Gasteiger partial charge in [-0.25, -0.2) is 19.9 Å². The number of hydrogen-bond acceptors (Lipinski definition) is 19. The number of rotatable bonds is 7. The van der Waals surface area contributed by atoms with Gasteiger partial charge in [0.05, 0.1) is 13.2 Å². The van der Waals surface area contributed by atoms with Gasteiger partial charge in [0, 0.05) is 51.4 Å². The number of aromatic nitrogens is 7. The molecule has 3 aromatic rings. The van der Waals surface area contributed by atoms with Crippen LogP contribution in [-0.2, 0) is 4.74 Å². The Morgan fingerprint density at radius 1 is 0.574 bits per heavy atom. The van der Waals surface area contributed by atoms with Crippen LogP contribution in [0.2, 0.25) is 10.3 Å². The van der Waals surface area contributed by atoms with E-state index in [1.54, 1.807) is 0 Å². The van der Waals surface area contributed by atoms with Crippen molar-refractivity contribution in [3.8, 4) is 0 Å². The predicted octanol–water partition coefficient (Wildman–Crippen LogP) is -1.23. The van der Waals surface area contributed by atoms with Crippen molar-refractivity contribution in [1.29, 1.82) is 10.8 Å². The standard InChI is InChI=1S/C29H40Cl2N20O3/c30-17-21(34)42-19(32)15(40-17)23(52)44-25(36)38-13-1-5-49(6-2-13)27-46-28(48-29(47-27)51-9-11-54-12-10-51)50-7-3-14(4-8-50)39-26(37)45-24(53)16-20(33)43-22(35)18(31)41-16/h13-14H,1-12H2,(H4,32,34,42)(H4,33,35,43)(H3,36,38,44,52)(H3,37,39,45,53). The maximum atomic E-state index is 12.7. The quantitative estimate of drug-likeness (QED) is 0.0989. The molecule has 54 heavy (non-hydrogen) atoms. The molecule has 0 aromatic carbocycles. The molecular formula is C29H40Cl2N20O3. The molecule has 6 heterocycles. The second kappa shape index (κ2) is 16.5. The van der Waals surface area contributed by atoms with E-state index in [1.807, 2.05) is 0 Å². The van der Waals surface area contributed by atoms with Gasteiger partial charge >= 0.3 is 0 Å². The van der Waals surface area contributed by atoms with Gasteiger partial charge < -0.3 is 53.0 Å². The number of nitrogens with zero attached hydrogens (tertiary/aromatic N) is 10. The van der Waals surface area contributed by atoms with E-state index in [1.165, 1.54) is 0 Å². The summed E-state index contributed by atoms with van der Waals surface area (Å²) in [6.45, 7) is 4.72. The van der Waals surface area contributed by atoms with Gasteiger partial charge in [0.1, 0.15) is 0 Å². The Morgan fingerprint density at radius 2 is 0.926 bits per heavy atom. The number of guanidine groups is 2. The number of amides is 2. The highest BCUT2D eigenvalue weighted by Crippen LogP contribution is 2.25. The lowest BCUT2D eigenvalue weighted by atomic mass is 10.1. The highest BCUT2D eigenvalue weighted by molar-refractivity contribution is 6.32. The van der Waals surface area contributed by atoms with Crippen molar-refractivity contribution in [2.24, 2.45) is 0 Å². The van der Waals surface area contributed by atoms with Crippen LogP contribution in [0.4, 0.5) is 41.1 Å². The third-order valence-electron chi connectivity index (χ3n) is 8.86. The summed E-state index contributed by atoms with van der Waals surface area (Å²) in [5.74, 6) is -0.881. The second-order valence-electron chi connectivity index (χ2n) is 12.6. The number of hydrogen-bond donors (Lipinski definition) is 10. The van der Waals surface area contributed by atoms with Crippen molar-refractivity contribution >= 4 is 88.1 Å². The van der Waals surface area contributed by atoms with Gasteiger partial charge in [0.2, 0.25) is 17.8 Å². The largest absolute Gasteiger partial charge is 0.382 e. The van der Waals surface area contributed by atoms with E-state index < -0.39 is 11.8 Å². The van der Waals surface area contributed by atoms with Crippen molar-refractivity contribution in [2.45, 2.75) is 37.8 Å². The predicted molar refractivity (Wildman–Crippen MR) is 202 cm³/mol. The third kappa shape index (κ3) is 9.03. The van der Waals surface area contributed by atoms with Crippen LogP contribution in [0.5, 0.6) is 0 Å².